The Bertz CT molecular complexity index is 726. The van der Waals surface area contributed by atoms with Gasteiger partial charge in [-0.3, -0.25) is 0 Å². The number of hydrogen-bond donors (Lipinski definition) is 1. The van der Waals surface area contributed by atoms with Crippen LogP contribution in [0.25, 0.3) is 10.8 Å². The van der Waals surface area contributed by atoms with Crippen LogP contribution in [-0.2, 0) is 6.42 Å². The summed E-state index contributed by atoms with van der Waals surface area (Å²) in [6.45, 7) is 2.16. The number of rotatable bonds is 5. The van der Waals surface area contributed by atoms with E-state index in [-0.39, 0.29) is 0 Å². The Kier molecular flexibility index (Phi) is 4.27. The fraction of sp³-hybridized carbons (Fsp3) is 0.294. The second-order valence-electron chi connectivity index (χ2n) is 5.10. The largest absolute Gasteiger partial charge is 0.311 e. The fourth-order valence-electron chi connectivity index (χ4n) is 2.59. The van der Waals surface area contributed by atoms with E-state index in [2.05, 4.69) is 64.9 Å². The third-order valence-corrected chi connectivity index (χ3v) is 4.80. The first-order chi connectivity index (χ1) is 10.3. The molecule has 0 saturated heterocycles. The molecule has 0 fully saturated rings. The van der Waals surface area contributed by atoms with Gasteiger partial charge in [-0.05, 0) is 29.8 Å². The highest BCUT2D eigenvalue weighted by Crippen LogP contribution is 2.25. The standard InChI is InChI=1S/C17H19N3S/c1-3-15(18-2)17-20-19-16(21-17)11-13-9-6-8-12-7-4-5-10-14(12)13/h4-10,15,18H,3,11H2,1-2H3. The van der Waals surface area contributed by atoms with Gasteiger partial charge < -0.3 is 5.32 Å². The Morgan fingerprint density at radius 2 is 1.90 bits per heavy atom. The molecule has 1 heterocycles. The lowest BCUT2D eigenvalue weighted by Crippen LogP contribution is -2.14. The van der Waals surface area contributed by atoms with Crippen molar-refractivity contribution in [2.75, 3.05) is 7.05 Å². The van der Waals surface area contributed by atoms with Gasteiger partial charge in [0.2, 0.25) is 0 Å². The van der Waals surface area contributed by atoms with Crippen LogP contribution in [0.2, 0.25) is 0 Å². The van der Waals surface area contributed by atoms with Crippen molar-refractivity contribution in [3.8, 4) is 0 Å². The van der Waals surface area contributed by atoms with Crippen LogP contribution in [0.15, 0.2) is 42.5 Å². The van der Waals surface area contributed by atoms with E-state index in [1.807, 2.05) is 7.05 Å². The first-order valence-electron chi connectivity index (χ1n) is 7.28. The fourth-order valence-corrected chi connectivity index (χ4v) is 3.65. The van der Waals surface area contributed by atoms with Crippen LogP contribution in [-0.4, -0.2) is 17.2 Å². The molecule has 21 heavy (non-hydrogen) atoms. The number of hydrogen-bond acceptors (Lipinski definition) is 4. The average Bonchev–Trinajstić information content (AvgIpc) is 2.97. The van der Waals surface area contributed by atoms with Crippen molar-refractivity contribution in [1.82, 2.24) is 15.5 Å². The van der Waals surface area contributed by atoms with Gasteiger partial charge in [-0.25, -0.2) is 0 Å². The van der Waals surface area contributed by atoms with Crippen LogP contribution in [0.4, 0.5) is 0 Å². The number of nitrogens with zero attached hydrogens (tertiary/aromatic N) is 2. The molecule has 0 spiro atoms. The lowest BCUT2D eigenvalue weighted by Gasteiger charge is -2.08. The molecule has 1 aromatic heterocycles. The Morgan fingerprint density at radius 3 is 2.71 bits per heavy atom. The molecular weight excluding hydrogens is 278 g/mol. The Morgan fingerprint density at radius 1 is 1.10 bits per heavy atom. The van der Waals surface area contributed by atoms with E-state index in [1.165, 1.54) is 16.3 Å². The highest BCUT2D eigenvalue weighted by Gasteiger charge is 2.13. The van der Waals surface area contributed by atoms with Crippen molar-refractivity contribution in [3.63, 3.8) is 0 Å². The lowest BCUT2D eigenvalue weighted by atomic mass is 10.0. The van der Waals surface area contributed by atoms with E-state index in [4.69, 9.17) is 0 Å². The molecule has 0 aliphatic heterocycles. The average molecular weight is 297 g/mol. The molecule has 1 unspecified atom stereocenters. The summed E-state index contributed by atoms with van der Waals surface area (Å²) in [4.78, 5) is 0. The molecule has 3 rings (SSSR count). The summed E-state index contributed by atoms with van der Waals surface area (Å²) in [5.74, 6) is 0. The highest BCUT2D eigenvalue weighted by atomic mass is 32.1. The van der Waals surface area contributed by atoms with Gasteiger partial charge in [0.05, 0.1) is 6.04 Å². The van der Waals surface area contributed by atoms with Gasteiger partial charge in [0.25, 0.3) is 0 Å². The smallest absolute Gasteiger partial charge is 0.134 e. The van der Waals surface area contributed by atoms with Crippen molar-refractivity contribution >= 4 is 22.1 Å². The molecule has 1 N–H and O–H groups in total. The first-order valence-corrected chi connectivity index (χ1v) is 8.09. The van der Waals surface area contributed by atoms with Gasteiger partial charge in [0.15, 0.2) is 0 Å². The zero-order chi connectivity index (χ0) is 14.7. The van der Waals surface area contributed by atoms with Gasteiger partial charge in [0, 0.05) is 6.42 Å². The number of benzene rings is 2. The van der Waals surface area contributed by atoms with Crippen molar-refractivity contribution in [3.05, 3.63) is 58.0 Å². The summed E-state index contributed by atoms with van der Waals surface area (Å²) in [5, 5.41) is 16.7. The van der Waals surface area contributed by atoms with E-state index >= 15 is 0 Å². The third-order valence-electron chi connectivity index (χ3n) is 3.76. The van der Waals surface area contributed by atoms with Crippen LogP contribution in [0, 0.1) is 0 Å². The minimum Gasteiger partial charge on any atom is -0.311 e. The van der Waals surface area contributed by atoms with Crippen LogP contribution >= 0.6 is 11.3 Å². The monoisotopic (exact) mass is 297 g/mol. The van der Waals surface area contributed by atoms with Gasteiger partial charge >= 0.3 is 0 Å². The molecule has 0 radical (unpaired) electrons. The van der Waals surface area contributed by atoms with Crippen LogP contribution in [0.1, 0.15) is 35.0 Å². The van der Waals surface area contributed by atoms with E-state index < -0.39 is 0 Å². The Balaban J connectivity index is 1.89. The Hall–Kier alpha value is -1.78. The maximum atomic E-state index is 4.36. The van der Waals surface area contributed by atoms with Gasteiger partial charge in [-0.2, -0.15) is 0 Å². The molecule has 2 aromatic carbocycles. The summed E-state index contributed by atoms with van der Waals surface area (Å²) in [5.41, 5.74) is 1.31. The summed E-state index contributed by atoms with van der Waals surface area (Å²) in [6, 6.07) is 15.2. The molecule has 0 bridgehead atoms. The zero-order valence-corrected chi connectivity index (χ0v) is 13.2. The lowest BCUT2D eigenvalue weighted by molar-refractivity contribution is 0.568. The minimum absolute atomic E-state index is 0.309. The van der Waals surface area contributed by atoms with Crippen molar-refractivity contribution in [2.45, 2.75) is 25.8 Å². The molecule has 1 atom stereocenters. The van der Waals surface area contributed by atoms with Crippen LogP contribution in [0.5, 0.6) is 0 Å². The predicted octanol–water partition coefficient (Wildman–Crippen LogP) is 3.95. The highest BCUT2D eigenvalue weighted by molar-refractivity contribution is 7.11. The minimum atomic E-state index is 0.309. The molecule has 108 valence electrons. The summed E-state index contributed by atoms with van der Waals surface area (Å²) in [6.07, 6.45) is 1.87. The maximum absolute atomic E-state index is 4.36. The van der Waals surface area contributed by atoms with Crippen LogP contribution < -0.4 is 5.32 Å². The normalized spacial score (nSPS) is 12.7. The molecule has 0 aliphatic carbocycles. The van der Waals surface area contributed by atoms with Gasteiger partial charge in [-0.1, -0.05) is 60.7 Å². The van der Waals surface area contributed by atoms with Crippen LogP contribution in [0.3, 0.4) is 0 Å². The van der Waals surface area contributed by atoms with Crippen molar-refractivity contribution < 1.29 is 0 Å². The predicted molar refractivity (Wildman–Crippen MR) is 88.8 cm³/mol. The maximum Gasteiger partial charge on any atom is 0.134 e. The van der Waals surface area contributed by atoms with Gasteiger partial charge in [-0.15, -0.1) is 10.2 Å². The molecule has 0 aliphatic rings. The first kappa shape index (κ1) is 14.2. The zero-order valence-electron chi connectivity index (χ0n) is 12.3. The van der Waals surface area contributed by atoms with Crippen molar-refractivity contribution in [2.24, 2.45) is 0 Å². The number of nitrogens with one attached hydrogen (secondary N) is 1. The summed E-state index contributed by atoms with van der Waals surface area (Å²) >= 11 is 1.71. The van der Waals surface area contributed by atoms with E-state index in [0.717, 1.165) is 22.9 Å². The number of fused-ring (bicyclic) bond motifs is 1. The summed E-state index contributed by atoms with van der Waals surface area (Å²) in [7, 11) is 1.97. The van der Waals surface area contributed by atoms with Crippen molar-refractivity contribution in [1.29, 1.82) is 0 Å². The topological polar surface area (TPSA) is 37.8 Å². The summed E-state index contributed by atoms with van der Waals surface area (Å²) < 4.78 is 0. The third kappa shape index (κ3) is 2.96. The van der Waals surface area contributed by atoms with Gasteiger partial charge in [0.1, 0.15) is 10.0 Å². The van der Waals surface area contributed by atoms with E-state index in [1.54, 1.807) is 11.3 Å². The second-order valence-corrected chi connectivity index (χ2v) is 6.19. The molecule has 0 saturated carbocycles. The molecule has 0 amide bonds. The SMILES string of the molecule is CCC(NC)c1nnc(Cc2cccc3ccccc23)s1. The molecular formula is C17H19N3S. The quantitative estimate of drug-likeness (QED) is 0.775. The molecule has 3 nitrogen and oxygen atoms in total. The number of aromatic nitrogens is 2. The molecule has 3 aromatic rings. The van der Waals surface area contributed by atoms with E-state index in [0.29, 0.717) is 6.04 Å². The van der Waals surface area contributed by atoms with E-state index in [9.17, 15) is 0 Å². The Labute approximate surface area is 129 Å². The molecule has 4 heteroatoms. The second kappa shape index (κ2) is 6.33.